The number of nitrogens with zero attached hydrogens (tertiary/aromatic N) is 1. The van der Waals surface area contributed by atoms with Gasteiger partial charge in [-0.1, -0.05) is 30.3 Å². The second-order valence-corrected chi connectivity index (χ2v) is 8.73. The summed E-state index contributed by atoms with van der Waals surface area (Å²) in [4.78, 5) is 28.5. The third kappa shape index (κ3) is 7.00. The van der Waals surface area contributed by atoms with Crippen LogP contribution in [-0.2, 0) is 24.2 Å². The number of ether oxygens (including phenoxy) is 2. The van der Waals surface area contributed by atoms with Crippen molar-refractivity contribution in [3.8, 4) is 23.0 Å². The van der Waals surface area contributed by atoms with Crippen LogP contribution in [0.3, 0.4) is 0 Å². The number of carbonyl (C=O) groups is 2. The number of nitrogens with one attached hydrogen (secondary N) is 1. The van der Waals surface area contributed by atoms with Gasteiger partial charge < -0.3 is 24.3 Å². The van der Waals surface area contributed by atoms with Crippen LogP contribution in [0.1, 0.15) is 39.4 Å². The molecule has 196 valence electrons. The fraction of sp³-hybridized carbons (Fsp3) is 0.233. The topological polar surface area (TPSA) is 111 Å². The fourth-order valence-electron chi connectivity index (χ4n) is 4.01. The molecule has 4 aromatic rings. The van der Waals surface area contributed by atoms with Crippen molar-refractivity contribution in [2.45, 2.75) is 32.7 Å². The Morgan fingerprint density at radius 1 is 0.947 bits per heavy atom. The molecule has 0 spiro atoms. The molecular weight excluding hydrogens is 484 g/mol. The first-order valence-corrected chi connectivity index (χ1v) is 12.3. The molecule has 0 fully saturated rings. The van der Waals surface area contributed by atoms with Crippen molar-refractivity contribution in [2.75, 3.05) is 13.7 Å². The van der Waals surface area contributed by atoms with Gasteiger partial charge >= 0.3 is 5.97 Å². The smallest absolute Gasteiger partial charge is 0.303 e. The van der Waals surface area contributed by atoms with Crippen LogP contribution in [0.25, 0.3) is 11.5 Å². The van der Waals surface area contributed by atoms with Gasteiger partial charge in [0, 0.05) is 30.5 Å². The van der Waals surface area contributed by atoms with Crippen molar-refractivity contribution >= 4 is 11.9 Å². The summed E-state index contributed by atoms with van der Waals surface area (Å²) in [7, 11) is 1.55. The van der Waals surface area contributed by atoms with E-state index in [9.17, 15) is 9.59 Å². The summed E-state index contributed by atoms with van der Waals surface area (Å²) >= 11 is 0. The van der Waals surface area contributed by atoms with Crippen molar-refractivity contribution < 1.29 is 28.6 Å². The number of aromatic nitrogens is 1. The maximum absolute atomic E-state index is 12.7. The molecule has 0 atom stereocenters. The Balaban J connectivity index is 1.42. The number of methoxy groups -OCH3 is 1. The van der Waals surface area contributed by atoms with Crippen molar-refractivity contribution in [3.63, 3.8) is 0 Å². The van der Waals surface area contributed by atoms with Crippen LogP contribution in [0.15, 0.2) is 77.2 Å². The Bertz CT molecular complexity index is 1400. The minimum absolute atomic E-state index is 0.00772. The Morgan fingerprint density at radius 2 is 1.76 bits per heavy atom. The zero-order valence-corrected chi connectivity index (χ0v) is 21.4. The average molecular weight is 515 g/mol. The van der Waals surface area contributed by atoms with Crippen LogP contribution in [0.4, 0.5) is 0 Å². The Labute approximate surface area is 221 Å². The van der Waals surface area contributed by atoms with E-state index in [4.69, 9.17) is 19.0 Å². The molecule has 0 aliphatic carbocycles. The van der Waals surface area contributed by atoms with E-state index in [0.29, 0.717) is 42.4 Å². The lowest BCUT2D eigenvalue weighted by Gasteiger charge is -2.14. The number of aryl methyl sites for hydroxylation is 2. The number of aliphatic carboxylic acids is 1. The third-order valence-electron chi connectivity index (χ3n) is 6.08. The minimum atomic E-state index is -0.880. The number of rotatable bonds is 12. The van der Waals surface area contributed by atoms with Gasteiger partial charge in [0.2, 0.25) is 5.89 Å². The summed E-state index contributed by atoms with van der Waals surface area (Å²) < 4.78 is 17.0. The summed E-state index contributed by atoms with van der Waals surface area (Å²) in [6.07, 6.45) is 0.900. The van der Waals surface area contributed by atoms with Crippen LogP contribution in [0.5, 0.6) is 11.5 Å². The molecular formula is C30H30N2O6. The molecule has 0 aliphatic heterocycles. The zero-order valence-electron chi connectivity index (χ0n) is 21.4. The first kappa shape index (κ1) is 26.5. The van der Waals surface area contributed by atoms with Crippen LogP contribution >= 0.6 is 0 Å². The molecule has 0 bridgehead atoms. The molecule has 0 aliphatic rings. The lowest BCUT2D eigenvalue weighted by molar-refractivity contribution is -0.136. The standard InChI is InChI=1S/C30H30N2O6/c1-20-27(32-30(38-20)22-7-4-3-5-8-22)15-16-37-26-13-11-21(12-14-28(33)34)24(18-26)19-31-29(35)23-9-6-10-25(17-23)36-2/h3-11,13,17-18H,12,14-16,19H2,1-2H3,(H,31,35)(H,33,34). The number of carboxylic acids is 1. The van der Waals surface area contributed by atoms with E-state index < -0.39 is 5.97 Å². The van der Waals surface area contributed by atoms with Crippen LogP contribution in [0.2, 0.25) is 0 Å². The van der Waals surface area contributed by atoms with Gasteiger partial charge in [0.25, 0.3) is 5.91 Å². The van der Waals surface area contributed by atoms with Gasteiger partial charge in [0.15, 0.2) is 0 Å². The quantitative estimate of drug-likeness (QED) is 0.266. The summed E-state index contributed by atoms with van der Waals surface area (Å²) in [5, 5.41) is 12.0. The Hall–Kier alpha value is -4.59. The molecule has 38 heavy (non-hydrogen) atoms. The maximum atomic E-state index is 12.7. The van der Waals surface area contributed by atoms with E-state index in [1.807, 2.05) is 55.5 Å². The highest BCUT2D eigenvalue weighted by atomic mass is 16.5. The Kier molecular flexibility index (Phi) is 8.77. The van der Waals surface area contributed by atoms with E-state index in [1.54, 1.807) is 31.4 Å². The monoisotopic (exact) mass is 514 g/mol. The molecule has 4 rings (SSSR count). The molecule has 0 saturated carbocycles. The summed E-state index contributed by atoms with van der Waals surface area (Å²) in [5.74, 6) is 1.41. The molecule has 1 heterocycles. The average Bonchev–Trinajstić information content (AvgIpc) is 3.31. The summed E-state index contributed by atoms with van der Waals surface area (Å²) in [5.41, 5.74) is 3.85. The highest BCUT2D eigenvalue weighted by Crippen LogP contribution is 2.23. The van der Waals surface area contributed by atoms with E-state index in [1.165, 1.54) is 0 Å². The van der Waals surface area contributed by atoms with Crippen LogP contribution in [0, 0.1) is 6.92 Å². The normalized spacial score (nSPS) is 10.7. The maximum Gasteiger partial charge on any atom is 0.303 e. The molecule has 1 amide bonds. The summed E-state index contributed by atoms with van der Waals surface area (Å²) in [6, 6.07) is 22.1. The van der Waals surface area contributed by atoms with E-state index in [0.717, 1.165) is 28.1 Å². The first-order valence-electron chi connectivity index (χ1n) is 12.3. The van der Waals surface area contributed by atoms with Gasteiger partial charge in [-0.3, -0.25) is 9.59 Å². The molecule has 0 radical (unpaired) electrons. The largest absolute Gasteiger partial charge is 0.497 e. The van der Waals surface area contributed by atoms with Gasteiger partial charge in [-0.15, -0.1) is 0 Å². The Morgan fingerprint density at radius 3 is 2.53 bits per heavy atom. The molecule has 8 nitrogen and oxygen atoms in total. The molecule has 1 aromatic heterocycles. The molecule has 3 aromatic carbocycles. The molecule has 0 unspecified atom stereocenters. The van der Waals surface area contributed by atoms with Crippen molar-refractivity contribution in [2.24, 2.45) is 0 Å². The van der Waals surface area contributed by atoms with E-state index in [-0.39, 0.29) is 18.9 Å². The lowest BCUT2D eigenvalue weighted by Crippen LogP contribution is -2.23. The predicted octanol–water partition coefficient (Wildman–Crippen LogP) is 5.23. The number of hydrogen-bond donors (Lipinski definition) is 2. The fourth-order valence-corrected chi connectivity index (χ4v) is 4.01. The second-order valence-electron chi connectivity index (χ2n) is 8.73. The number of benzene rings is 3. The van der Waals surface area contributed by atoms with Crippen molar-refractivity contribution in [3.05, 3.63) is 101 Å². The number of hydrogen-bond acceptors (Lipinski definition) is 6. The minimum Gasteiger partial charge on any atom is -0.497 e. The number of amides is 1. The van der Waals surface area contributed by atoms with Gasteiger partial charge in [0.05, 0.1) is 19.4 Å². The van der Waals surface area contributed by atoms with Crippen molar-refractivity contribution in [1.82, 2.24) is 10.3 Å². The SMILES string of the molecule is COc1cccc(C(=O)NCc2cc(OCCc3nc(-c4ccccc4)oc3C)ccc2CCC(=O)O)c1. The van der Waals surface area contributed by atoms with Gasteiger partial charge in [-0.2, -0.15) is 0 Å². The van der Waals surface area contributed by atoms with E-state index in [2.05, 4.69) is 10.3 Å². The zero-order chi connectivity index (χ0) is 26.9. The first-order chi connectivity index (χ1) is 18.4. The number of carboxylic acid groups (broad SMARTS) is 1. The lowest BCUT2D eigenvalue weighted by atomic mass is 10.0. The summed E-state index contributed by atoms with van der Waals surface area (Å²) in [6.45, 7) is 2.49. The number of carbonyl (C=O) groups excluding carboxylic acids is 1. The van der Waals surface area contributed by atoms with Crippen LogP contribution in [-0.4, -0.2) is 35.7 Å². The van der Waals surface area contributed by atoms with Gasteiger partial charge in [0.1, 0.15) is 17.3 Å². The van der Waals surface area contributed by atoms with Crippen molar-refractivity contribution in [1.29, 1.82) is 0 Å². The van der Waals surface area contributed by atoms with E-state index >= 15 is 0 Å². The number of oxazole rings is 1. The van der Waals surface area contributed by atoms with Gasteiger partial charge in [-0.25, -0.2) is 4.98 Å². The molecule has 8 heteroatoms. The highest BCUT2D eigenvalue weighted by Gasteiger charge is 2.13. The van der Waals surface area contributed by atoms with Gasteiger partial charge in [-0.05, 0) is 66.9 Å². The van der Waals surface area contributed by atoms with Crippen LogP contribution < -0.4 is 14.8 Å². The second kappa shape index (κ2) is 12.6. The highest BCUT2D eigenvalue weighted by molar-refractivity contribution is 5.94. The third-order valence-corrected chi connectivity index (χ3v) is 6.08. The molecule has 0 saturated heterocycles. The predicted molar refractivity (Wildman–Crippen MR) is 142 cm³/mol. The molecule has 2 N–H and O–H groups in total.